The van der Waals surface area contributed by atoms with E-state index in [0.29, 0.717) is 17.4 Å². The number of hydrogen-bond acceptors (Lipinski definition) is 3. The van der Waals surface area contributed by atoms with Gasteiger partial charge in [-0.15, -0.1) is 0 Å². The van der Waals surface area contributed by atoms with Crippen molar-refractivity contribution in [3.05, 3.63) is 53.5 Å². The van der Waals surface area contributed by atoms with Crippen LogP contribution in [0.2, 0.25) is 0 Å². The van der Waals surface area contributed by atoms with Crippen LogP contribution in [0, 0.1) is 6.92 Å². The van der Waals surface area contributed by atoms with Gasteiger partial charge in [0.25, 0.3) is 5.91 Å². The lowest BCUT2D eigenvalue weighted by Gasteiger charge is -2.13. The van der Waals surface area contributed by atoms with Crippen molar-refractivity contribution in [3.8, 4) is 0 Å². The Morgan fingerprint density at radius 3 is 2.50 bits per heavy atom. The van der Waals surface area contributed by atoms with Crippen molar-refractivity contribution in [1.82, 2.24) is 5.32 Å². The Hall–Kier alpha value is -2.07. The number of carbonyl (C=O) groups excluding carboxylic acids is 1. The molecule has 1 aromatic heterocycles. The molecule has 1 aromatic carbocycles. The van der Waals surface area contributed by atoms with Crippen LogP contribution in [0.15, 0.2) is 41.0 Å². The molecule has 0 fully saturated rings. The van der Waals surface area contributed by atoms with Gasteiger partial charge in [-0.25, -0.2) is 0 Å². The highest BCUT2D eigenvalue weighted by molar-refractivity contribution is 6.04. The number of carbonyl (C=O) groups is 1. The van der Waals surface area contributed by atoms with Crippen LogP contribution in [0.4, 0.5) is 5.69 Å². The molecule has 2 N–H and O–H groups in total. The Kier molecular flexibility index (Phi) is 4.58. The van der Waals surface area contributed by atoms with E-state index in [0.717, 1.165) is 12.2 Å². The van der Waals surface area contributed by atoms with Crippen LogP contribution in [0.3, 0.4) is 0 Å². The summed E-state index contributed by atoms with van der Waals surface area (Å²) in [6.07, 6.45) is 1.52. The number of nitrogens with one attached hydrogen (secondary N) is 2. The average Bonchev–Trinajstić information content (AvgIpc) is 2.86. The van der Waals surface area contributed by atoms with Crippen molar-refractivity contribution in [2.24, 2.45) is 0 Å². The monoisotopic (exact) mass is 272 g/mol. The van der Waals surface area contributed by atoms with E-state index in [4.69, 9.17) is 4.42 Å². The first-order valence-electron chi connectivity index (χ1n) is 6.80. The maximum Gasteiger partial charge on any atom is 0.259 e. The summed E-state index contributed by atoms with van der Waals surface area (Å²) in [6, 6.07) is 9.84. The van der Waals surface area contributed by atoms with Gasteiger partial charge in [-0.3, -0.25) is 4.79 Å². The smallest absolute Gasteiger partial charge is 0.259 e. The third kappa shape index (κ3) is 3.27. The Balaban J connectivity index is 2.04. The van der Waals surface area contributed by atoms with E-state index in [2.05, 4.69) is 24.5 Å². The first-order chi connectivity index (χ1) is 9.61. The zero-order chi connectivity index (χ0) is 14.5. The van der Waals surface area contributed by atoms with E-state index in [1.165, 1.54) is 11.8 Å². The summed E-state index contributed by atoms with van der Waals surface area (Å²) in [7, 11) is 0. The van der Waals surface area contributed by atoms with Crippen molar-refractivity contribution in [2.75, 3.05) is 11.9 Å². The van der Waals surface area contributed by atoms with E-state index in [9.17, 15) is 4.79 Å². The van der Waals surface area contributed by atoms with E-state index in [1.54, 1.807) is 13.0 Å². The van der Waals surface area contributed by atoms with Crippen LogP contribution < -0.4 is 10.6 Å². The van der Waals surface area contributed by atoms with E-state index < -0.39 is 0 Å². The summed E-state index contributed by atoms with van der Waals surface area (Å²) in [5.41, 5.74) is 2.54. The second-order valence-electron chi connectivity index (χ2n) is 4.75. The van der Waals surface area contributed by atoms with Crippen molar-refractivity contribution < 1.29 is 9.21 Å². The Morgan fingerprint density at radius 1 is 1.25 bits per heavy atom. The summed E-state index contributed by atoms with van der Waals surface area (Å²) in [6.45, 7) is 6.90. The molecule has 4 heteroatoms. The highest BCUT2D eigenvalue weighted by Crippen LogP contribution is 2.17. The molecule has 0 aliphatic rings. The SMILES string of the molecule is CCNC(C)c1ccc(NC(=O)c2ccoc2C)cc1. The lowest BCUT2D eigenvalue weighted by Crippen LogP contribution is -2.17. The summed E-state index contributed by atoms with van der Waals surface area (Å²) in [5, 5.41) is 6.22. The van der Waals surface area contributed by atoms with Gasteiger partial charge in [0.15, 0.2) is 0 Å². The van der Waals surface area contributed by atoms with Gasteiger partial charge in [0.2, 0.25) is 0 Å². The Bertz CT molecular complexity index is 572. The molecule has 1 heterocycles. The lowest BCUT2D eigenvalue weighted by atomic mass is 10.1. The molecule has 0 saturated carbocycles. The molecule has 0 radical (unpaired) electrons. The lowest BCUT2D eigenvalue weighted by molar-refractivity contribution is 0.102. The molecule has 0 saturated heterocycles. The highest BCUT2D eigenvalue weighted by atomic mass is 16.3. The highest BCUT2D eigenvalue weighted by Gasteiger charge is 2.11. The maximum atomic E-state index is 12.0. The molecule has 1 unspecified atom stereocenters. The van der Waals surface area contributed by atoms with E-state index in [1.807, 2.05) is 24.3 Å². The first kappa shape index (κ1) is 14.3. The van der Waals surface area contributed by atoms with Gasteiger partial charge in [0, 0.05) is 11.7 Å². The van der Waals surface area contributed by atoms with Crippen molar-refractivity contribution in [1.29, 1.82) is 0 Å². The van der Waals surface area contributed by atoms with Crippen LogP contribution >= 0.6 is 0 Å². The predicted octanol–water partition coefficient (Wildman–Crippen LogP) is 3.51. The fraction of sp³-hybridized carbons (Fsp3) is 0.312. The van der Waals surface area contributed by atoms with Crippen LogP contribution in [0.25, 0.3) is 0 Å². The summed E-state index contributed by atoms with van der Waals surface area (Å²) < 4.78 is 5.13. The fourth-order valence-corrected chi connectivity index (χ4v) is 2.10. The third-order valence-corrected chi connectivity index (χ3v) is 3.28. The fourth-order valence-electron chi connectivity index (χ4n) is 2.10. The Labute approximate surface area is 119 Å². The molecular weight excluding hydrogens is 252 g/mol. The van der Waals surface area contributed by atoms with Gasteiger partial charge in [0.1, 0.15) is 5.76 Å². The zero-order valence-corrected chi connectivity index (χ0v) is 12.1. The minimum absolute atomic E-state index is 0.149. The van der Waals surface area contributed by atoms with Crippen molar-refractivity contribution in [2.45, 2.75) is 26.8 Å². The normalized spacial score (nSPS) is 12.2. The zero-order valence-electron chi connectivity index (χ0n) is 12.1. The molecule has 1 amide bonds. The molecule has 1 atom stereocenters. The average molecular weight is 272 g/mol. The summed E-state index contributed by atoms with van der Waals surface area (Å²) >= 11 is 0. The standard InChI is InChI=1S/C16H20N2O2/c1-4-17-11(2)13-5-7-14(8-6-13)18-16(19)15-9-10-20-12(15)3/h5-11,17H,4H2,1-3H3,(H,18,19). The second-order valence-corrected chi connectivity index (χ2v) is 4.75. The Morgan fingerprint density at radius 2 is 1.95 bits per heavy atom. The number of hydrogen-bond donors (Lipinski definition) is 2. The molecule has 2 aromatic rings. The van der Waals surface area contributed by atoms with E-state index in [-0.39, 0.29) is 5.91 Å². The molecule has 2 rings (SSSR count). The van der Waals surface area contributed by atoms with Crippen LogP contribution in [-0.2, 0) is 0 Å². The van der Waals surface area contributed by atoms with Gasteiger partial charge in [0.05, 0.1) is 11.8 Å². The molecule has 106 valence electrons. The molecule has 0 aliphatic carbocycles. The van der Waals surface area contributed by atoms with Gasteiger partial charge in [-0.2, -0.15) is 0 Å². The predicted molar refractivity (Wildman–Crippen MR) is 79.9 cm³/mol. The van der Waals surface area contributed by atoms with Gasteiger partial charge < -0.3 is 15.1 Å². The van der Waals surface area contributed by atoms with Crippen LogP contribution in [0.1, 0.15) is 41.6 Å². The van der Waals surface area contributed by atoms with Crippen LogP contribution in [0.5, 0.6) is 0 Å². The molecule has 0 aliphatic heterocycles. The summed E-state index contributed by atoms with van der Waals surface area (Å²) in [5.74, 6) is 0.476. The quantitative estimate of drug-likeness (QED) is 0.875. The minimum atomic E-state index is -0.149. The van der Waals surface area contributed by atoms with Crippen molar-refractivity contribution >= 4 is 11.6 Å². The number of amides is 1. The molecule has 20 heavy (non-hydrogen) atoms. The number of aryl methyl sites for hydroxylation is 1. The molecule has 4 nitrogen and oxygen atoms in total. The first-order valence-corrected chi connectivity index (χ1v) is 6.80. The van der Waals surface area contributed by atoms with Gasteiger partial charge >= 0.3 is 0 Å². The number of rotatable bonds is 5. The van der Waals surface area contributed by atoms with Gasteiger partial charge in [-0.05, 0) is 44.2 Å². The van der Waals surface area contributed by atoms with Crippen molar-refractivity contribution in [3.63, 3.8) is 0 Å². The van der Waals surface area contributed by atoms with Gasteiger partial charge in [-0.1, -0.05) is 19.1 Å². The largest absolute Gasteiger partial charge is 0.469 e. The maximum absolute atomic E-state index is 12.0. The minimum Gasteiger partial charge on any atom is -0.469 e. The second kappa shape index (κ2) is 6.39. The topological polar surface area (TPSA) is 54.3 Å². The molecular formula is C16H20N2O2. The summed E-state index contributed by atoms with van der Waals surface area (Å²) in [4.78, 5) is 12.0. The molecule has 0 spiro atoms. The number of benzene rings is 1. The number of furan rings is 1. The molecule has 0 bridgehead atoms. The van der Waals surface area contributed by atoms with Crippen LogP contribution in [-0.4, -0.2) is 12.5 Å². The third-order valence-electron chi connectivity index (χ3n) is 3.28. The van der Waals surface area contributed by atoms with E-state index >= 15 is 0 Å². The number of anilines is 1.